The van der Waals surface area contributed by atoms with Crippen molar-refractivity contribution < 1.29 is 9.53 Å². The van der Waals surface area contributed by atoms with Gasteiger partial charge in [0.1, 0.15) is 0 Å². The van der Waals surface area contributed by atoms with E-state index in [9.17, 15) is 9.70 Å². The molecule has 1 N–H and O–H groups in total. The van der Waals surface area contributed by atoms with Gasteiger partial charge in [-0.1, -0.05) is 11.3 Å². The van der Waals surface area contributed by atoms with E-state index in [1.807, 2.05) is 25.1 Å². The van der Waals surface area contributed by atoms with Crippen molar-refractivity contribution >= 4 is 33.1 Å². The van der Waals surface area contributed by atoms with Gasteiger partial charge in [0.15, 0.2) is 10.1 Å². The quantitative estimate of drug-likeness (QED) is 0.870. The van der Waals surface area contributed by atoms with E-state index in [0.717, 1.165) is 48.9 Å². The predicted molar refractivity (Wildman–Crippen MR) is 89.7 cm³/mol. The van der Waals surface area contributed by atoms with Crippen LogP contribution in [-0.2, 0) is 4.74 Å². The number of anilines is 2. The number of amides is 1. The van der Waals surface area contributed by atoms with Crippen LogP contribution in [0.15, 0.2) is 29.6 Å². The highest BCUT2D eigenvalue weighted by atomic mass is 32.1. The summed E-state index contributed by atoms with van der Waals surface area (Å²) in [5.41, 5.74) is 2.55. The SMILES string of the molecule is Cc1cc(N2CCOCC2)ccc1C(=O)Nc1ncc(N=O)s1. The Hall–Kier alpha value is -2.32. The first-order chi connectivity index (χ1) is 11.2. The summed E-state index contributed by atoms with van der Waals surface area (Å²) in [6.07, 6.45) is 1.33. The number of ether oxygens (including phenoxy) is 1. The smallest absolute Gasteiger partial charge is 0.257 e. The number of morpholine rings is 1. The van der Waals surface area contributed by atoms with Gasteiger partial charge in [0.05, 0.1) is 19.4 Å². The highest BCUT2D eigenvalue weighted by Gasteiger charge is 2.15. The number of thiazole rings is 1. The summed E-state index contributed by atoms with van der Waals surface area (Å²) < 4.78 is 5.35. The monoisotopic (exact) mass is 332 g/mol. The Bertz CT molecular complexity index is 725. The second kappa shape index (κ2) is 6.84. The minimum absolute atomic E-state index is 0.236. The summed E-state index contributed by atoms with van der Waals surface area (Å²) in [6.45, 7) is 5.05. The van der Waals surface area contributed by atoms with Gasteiger partial charge >= 0.3 is 0 Å². The van der Waals surface area contributed by atoms with E-state index in [1.165, 1.54) is 6.20 Å². The van der Waals surface area contributed by atoms with Crippen molar-refractivity contribution in [3.63, 3.8) is 0 Å². The molecule has 1 aromatic heterocycles. The van der Waals surface area contributed by atoms with Crippen LogP contribution in [0.4, 0.5) is 15.8 Å². The first-order valence-electron chi connectivity index (χ1n) is 7.21. The van der Waals surface area contributed by atoms with Gasteiger partial charge in [0.2, 0.25) is 0 Å². The van der Waals surface area contributed by atoms with E-state index in [0.29, 0.717) is 10.7 Å². The molecule has 0 radical (unpaired) electrons. The number of nitrogens with zero attached hydrogens (tertiary/aromatic N) is 3. The standard InChI is InChI=1S/C15H16N4O3S/c1-10-8-11(19-4-6-22-7-5-19)2-3-12(10)14(20)17-15-16-9-13(18-21)23-15/h2-3,8-9H,4-7H2,1H3,(H,16,17,20). The molecule has 0 saturated carbocycles. The van der Waals surface area contributed by atoms with Gasteiger partial charge in [-0.25, -0.2) is 4.98 Å². The van der Waals surface area contributed by atoms with Crippen molar-refractivity contribution in [2.24, 2.45) is 5.18 Å². The zero-order chi connectivity index (χ0) is 16.2. The third kappa shape index (κ3) is 3.54. The minimum atomic E-state index is -0.247. The molecule has 1 saturated heterocycles. The first kappa shape index (κ1) is 15.6. The molecule has 0 aliphatic carbocycles. The van der Waals surface area contributed by atoms with Crippen molar-refractivity contribution in [1.29, 1.82) is 0 Å². The molecule has 1 aromatic carbocycles. The fourth-order valence-corrected chi connectivity index (χ4v) is 3.04. The molecule has 1 aliphatic heterocycles. The van der Waals surface area contributed by atoms with E-state index in [1.54, 1.807) is 0 Å². The molecule has 1 amide bonds. The Balaban J connectivity index is 1.74. The van der Waals surface area contributed by atoms with Crippen LogP contribution in [0.5, 0.6) is 0 Å². The normalized spacial score (nSPS) is 14.6. The van der Waals surface area contributed by atoms with Crippen LogP contribution in [0.1, 0.15) is 15.9 Å². The van der Waals surface area contributed by atoms with Gasteiger partial charge in [-0.05, 0) is 35.9 Å². The van der Waals surface area contributed by atoms with Crippen molar-refractivity contribution in [3.05, 3.63) is 40.4 Å². The topological polar surface area (TPSA) is 83.9 Å². The number of nitrogens with one attached hydrogen (secondary N) is 1. The summed E-state index contributed by atoms with van der Waals surface area (Å²) in [7, 11) is 0. The molecule has 0 spiro atoms. The number of nitroso groups, excluding NO2 is 1. The van der Waals surface area contributed by atoms with Gasteiger partial charge in [-0.3, -0.25) is 10.1 Å². The lowest BCUT2D eigenvalue weighted by molar-refractivity contribution is 0.102. The average Bonchev–Trinajstić information content (AvgIpc) is 3.03. The number of rotatable bonds is 4. The van der Waals surface area contributed by atoms with E-state index in [4.69, 9.17) is 4.74 Å². The van der Waals surface area contributed by atoms with Crippen LogP contribution >= 0.6 is 11.3 Å². The molecule has 8 heteroatoms. The van der Waals surface area contributed by atoms with Crippen LogP contribution in [0, 0.1) is 11.8 Å². The second-order valence-electron chi connectivity index (χ2n) is 5.15. The molecule has 1 aliphatic rings. The largest absolute Gasteiger partial charge is 0.378 e. The number of aryl methyl sites for hydroxylation is 1. The minimum Gasteiger partial charge on any atom is -0.378 e. The molecular weight excluding hydrogens is 316 g/mol. The summed E-state index contributed by atoms with van der Waals surface area (Å²) in [4.78, 5) is 28.9. The number of carbonyl (C=O) groups is 1. The number of aromatic nitrogens is 1. The first-order valence-corrected chi connectivity index (χ1v) is 8.03. The highest BCUT2D eigenvalue weighted by Crippen LogP contribution is 2.26. The maximum Gasteiger partial charge on any atom is 0.257 e. The van der Waals surface area contributed by atoms with Gasteiger partial charge in [0, 0.05) is 24.3 Å². The van der Waals surface area contributed by atoms with Crippen LogP contribution in [-0.4, -0.2) is 37.2 Å². The van der Waals surface area contributed by atoms with Crippen LogP contribution in [0.3, 0.4) is 0 Å². The summed E-state index contributed by atoms with van der Waals surface area (Å²) in [5, 5.41) is 6.08. The zero-order valence-electron chi connectivity index (χ0n) is 12.6. The molecule has 23 heavy (non-hydrogen) atoms. The lowest BCUT2D eigenvalue weighted by Gasteiger charge is -2.29. The summed E-state index contributed by atoms with van der Waals surface area (Å²) >= 11 is 1.04. The number of carbonyl (C=O) groups excluding carboxylic acids is 1. The lowest BCUT2D eigenvalue weighted by atomic mass is 10.1. The predicted octanol–water partition coefficient (Wildman–Crippen LogP) is 2.94. The number of hydrogen-bond acceptors (Lipinski definition) is 7. The van der Waals surface area contributed by atoms with Gasteiger partial charge in [-0.2, -0.15) is 0 Å². The molecule has 2 aromatic rings. The van der Waals surface area contributed by atoms with Gasteiger partial charge in [0.25, 0.3) is 5.91 Å². The number of benzene rings is 1. The third-order valence-electron chi connectivity index (χ3n) is 3.63. The average molecular weight is 332 g/mol. The van der Waals surface area contributed by atoms with Crippen molar-refractivity contribution in [2.45, 2.75) is 6.92 Å². The summed E-state index contributed by atoms with van der Waals surface area (Å²) in [6, 6.07) is 5.75. The van der Waals surface area contributed by atoms with Gasteiger partial charge < -0.3 is 9.64 Å². The maximum atomic E-state index is 12.3. The van der Waals surface area contributed by atoms with E-state index >= 15 is 0 Å². The fraction of sp³-hybridized carbons (Fsp3) is 0.333. The van der Waals surface area contributed by atoms with Crippen LogP contribution in [0.2, 0.25) is 0 Å². The Morgan fingerprint density at radius 1 is 1.39 bits per heavy atom. The summed E-state index contributed by atoms with van der Waals surface area (Å²) in [5.74, 6) is -0.247. The fourth-order valence-electron chi connectivity index (χ4n) is 2.45. The Morgan fingerprint density at radius 3 is 2.83 bits per heavy atom. The highest BCUT2D eigenvalue weighted by molar-refractivity contribution is 7.19. The Labute approximate surface area is 137 Å². The molecule has 3 rings (SSSR count). The molecule has 0 atom stereocenters. The molecule has 0 unspecified atom stereocenters. The third-order valence-corrected chi connectivity index (χ3v) is 4.42. The Morgan fingerprint density at radius 2 is 2.17 bits per heavy atom. The van der Waals surface area contributed by atoms with E-state index in [-0.39, 0.29) is 10.9 Å². The molecule has 0 bridgehead atoms. The Kier molecular flexibility index (Phi) is 4.63. The molecule has 2 heterocycles. The van der Waals surface area contributed by atoms with Crippen molar-refractivity contribution in [2.75, 3.05) is 36.5 Å². The second-order valence-corrected chi connectivity index (χ2v) is 6.16. The van der Waals surface area contributed by atoms with E-state index < -0.39 is 0 Å². The lowest BCUT2D eigenvalue weighted by Crippen LogP contribution is -2.36. The number of hydrogen-bond donors (Lipinski definition) is 1. The zero-order valence-corrected chi connectivity index (χ0v) is 13.4. The van der Waals surface area contributed by atoms with E-state index in [2.05, 4.69) is 20.4 Å². The molecule has 7 nitrogen and oxygen atoms in total. The maximum absolute atomic E-state index is 12.3. The van der Waals surface area contributed by atoms with Gasteiger partial charge in [-0.15, -0.1) is 4.91 Å². The molecule has 1 fully saturated rings. The molecule has 120 valence electrons. The van der Waals surface area contributed by atoms with Crippen LogP contribution in [0.25, 0.3) is 0 Å². The van der Waals surface area contributed by atoms with Crippen molar-refractivity contribution in [3.8, 4) is 0 Å². The molecular formula is C15H16N4O3S. The van der Waals surface area contributed by atoms with Crippen LogP contribution < -0.4 is 10.2 Å². The van der Waals surface area contributed by atoms with Crippen molar-refractivity contribution in [1.82, 2.24) is 4.98 Å².